The molecule has 1 saturated carbocycles. The standard InChI is InChI=1S/C25H34N6O4/c1-29(2)23-21-5-3-4-6-22(21)27-24(28-23)26-19-11-7-17(8-12-19)15-30(25(32)33)16-18-9-13-20(14-10-18)31(34)35/h9-10,13-14,17,19H,3-8,11-12,15-16H2,1-2H3,(H,32,33)(H,26,27,28)/t17-,19+. The summed E-state index contributed by atoms with van der Waals surface area (Å²) < 4.78 is 0. The fourth-order valence-corrected chi connectivity index (χ4v) is 5.15. The van der Waals surface area contributed by atoms with Gasteiger partial charge in [-0.3, -0.25) is 10.1 Å². The van der Waals surface area contributed by atoms with E-state index in [2.05, 4.69) is 10.2 Å². The van der Waals surface area contributed by atoms with Gasteiger partial charge >= 0.3 is 6.09 Å². The number of hydrogen-bond donors (Lipinski definition) is 2. The van der Waals surface area contributed by atoms with Crippen molar-refractivity contribution < 1.29 is 14.8 Å². The summed E-state index contributed by atoms with van der Waals surface area (Å²) >= 11 is 0. The number of nitro benzene ring substituents is 1. The molecule has 0 unspecified atom stereocenters. The fourth-order valence-electron chi connectivity index (χ4n) is 5.15. The Morgan fingerprint density at radius 3 is 2.43 bits per heavy atom. The summed E-state index contributed by atoms with van der Waals surface area (Å²) in [6, 6.07) is 6.34. The smallest absolute Gasteiger partial charge is 0.407 e. The van der Waals surface area contributed by atoms with Gasteiger partial charge in [0.15, 0.2) is 0 Å². The van der Waals surface area contributed by atoms with Crippen molar-refractivity contribution in [2.45, 2.75) is 64.0 Å². The number of rotatable bonds is 8. The number of carbonyl (C=O) groups is 1. The molecule has 1 aromatic heterocycles. The third kappa shape index (κ3) is 6.17. The fraction of sp³-hybridized carbons (Fsp3) is 0.560. The van der Waals surface area contributed by atoms with Gasteiger partial charge in [0.2, 0.25) is 5.95 Å². The van der Waals surface area contributed by atoms with Crippen LogP contribution in [0.15, 0.2) is 24.3 Å². The largest absolute Gasteiger partial charge is 0.465 e. The Labute approximate surface area is 205 Å². The SMILES string of the molecule is CN(C)c1nc(N[C@H]2CC[C@@H](CN(Cc3ccc([N+](=O)[O-])cc3)C(=O)O)CC2)nc2c1CCCC2. The van der Waals surface area contributed by atoms with Crippen LogP contribution in [0.1, 0.15) is 55.3 Å². The molecular formula is C25H34N6O4. The van der Waals surface area contributed by atoms with Gasteiger partial charge in [-0.2, -0.15) is 4.98 Å². The Morgan fingerprint density at radius 1 is 1.11 bits per heavy atom. The number of aryl methyl sites for hydroxylation is 1. The molecule has 2 aliphatic carbocycles. The normalized spacial score (nSPS) is 19.5. The molecule has 4 rings (SSSR count). The first kappa shape index (κ1) is 24.7. The third-order valence-corrected chi connectivity index (χ3v) is 7.03. The Morgan fingerprint density at radius 2 is 1.80 bits per heavy atom. The summed E-state index contributed by atoms with van der Waals surface area (Å²) in [5, 5.41) is 24.1. The zero-order valence-corrected chi connectivity index (χ0v) is 20.4. The molecule has 2 aromatic rings. The van der Waals surface area contributed by atoms with Gasteiger partial charge in [-0.25, -0.2) is 9.78 Å². The quantitative estimate of drug-likeness (QED) is 0.417. The summed E-state index contributed by atoms with van der Waals surface area (Å²) in [7, 11) is 4.05. The molecule has 0 atom stereocenters. The predicted molar refractivity (Wildman–Crippen MR) is 134 cm³/mol. The van der Waals surface area contributed by atoms with Crippen LogP contribution in [0.4, 0.5) is 22.2 Å². The molecule has 1 heterocycles. The molecule has 1 aromatic carbocycles. The summed E-state index contributed by atoms with van der Waals surface area (Å²) in [4.78, 5) is 35.4. The van der Waals surface area contributed by atoms with Crippen molar-refractivity contribution in [3.05, 3.63) is 51.2 Å². The number of non-ortho nitro benzene ring substituents is 1. The number of aromatic nitrogens is 2. The van der Waals surface area contributed by atoms with Crippen LogP contribution in [0.3, 0.4) is 0 Å². The molecule has 1 fully saturated rings. The summed E-state index contributed by atoms with van der Waals surface area (Å²) in [6.45, 7) is 0.681. The minimum atomic E-state index is -0.970. The first-order chi connectivity index (χ1) is 16.8. The summed E-state index contributed by atoms with van der Waals surface area (Å²) in [5.41, 5.74) is 3.18. The number of nitrogens with one attached hydrogen (secondary N) is 1. The maximum Gasteiger partial charge on any atom is 0.407 e. The van der Waals surface area contributed by atoms with Gasteiger partial charge in [-0.1, -0.05) is 12.1 Å². The number of benzene rings is 1. The maximum absolute atomic E-state index is 11.8. The van der Waals surface area contributed by atoms with E-state index >= 15 is 0 Å². The lowest BCUT2D eigenvalue weighted by Gasteiger charge is -2.32. The second kappa shape index (κ2) is 10.9. The minimum absolute atomic E-state index is 0.00190. The third-order valence-electron chi connectivity index (χ3n) is 7.03. The molecular weight excluding hydrogens is 448 g/mol. The molecule has 2 aliphatic rings. The van der Waals surface area contributed by atoms with Crippen LogP contribution in [-0.4, -0.2) is 57.7 Å². The highest BCUT2D eigenvalue weighted by Gasteiger charge is 2.26. The maximum atomic E-state index is 11.8. The Bertz CT molecular complexity index is 1050. The number of nitrogens with zero attached hydrogens (tertiary/aromatic N) is 5. The molecule has 188 valence electrons. The van der Waals surface area contributed by atoms with Crippen molar-refractivity contribution in [2.75, 3.05) is 30.9 Å². The average Bonchev–Trinajstić information content (AvgIpc) is 2.84. The van der Waals surface area contributed by atoms with Gasteiger partial charge in [-0.15, -0.1) is 0 Å². The lowest BCUT2D eigenvalue weighted by Crippen LogP contribution is -2.37. The molecule has 0 radical (unpaired) electrons. The number of fused-ring (bicyclic) bond motifs is 1. The number of carboxylic acid groups (broad SMARTS) is 1. The van der Waals surface area contributed by atoms with E-state index in [0.717, 1.165) is 55.6 Å². The topological polar surface area (TPSA) is 125 Å². The molecule has 35 heavy (non-hydrogen) atoms. The van der Waals surface area contributed by atoms with E-state index in [1.54, 1.807) is 12.1 Å². The monoisotopic (exact) mass is 482 g/mol. The van der Waals surface area contributed by atoms with Gasteiger partial charge in [0.05, 0.1) is 10.6 Å². The van der Waals surface area contributed by atoms with Gasteiger partial charge in [-0.05, 0) is 62.8 Å². The van der Waals surface area contributed by atoms with Crippen molar-refractivity contribution >= 4 is 23.5 Å². The van der Waals surface area contributed by atoms with Crippen molar-refractivity contribution in [1.29, 1.82) is 0 Å². The summed E-state index contributed by atoms with van der Waals surface area (Å²) in [5.74, 6) is 1.99. The number of anilines is 2. The molecule has 0 saturated heterocycles. The van der Waals surface area contributed by atoms with Crippen LogP contribution in [0.5, 0.6) is 0 Å². The van der Waals surface area contributed by atoms with Crippen LogP contribution < -0.4 is 10.2 Å². The van der Waals surface area contributed by atoms with Crippen LogP contribution in [0, 0.1) is 16.0 Å². The van der Waals surface area contributed by atoms with E-state index in [1.165, 1.54) is 35.4 Å². The van der Waals surface area contributed by atoms with Crippen molar-refractivity contribution in [1.82, 2.24) is 14.9 Å². The first-order valence-corrected chi connectivity index (χ1v) is 12.3. The van der Waals surface area contributed by atoms with Gasteiger partial charge in [0, 0.05) is 50.9 Å². The zero-order chi connectivity index (χ0) is 24.9. The zero-order valence-electron chi connectivity index (χ0n) is 20.4. The van der Waals surface area contributed by atoms with Gasteiger partial charge < -0.3 is 20.2 Å². The van der Waals surface area contributed by atoms with E-state index in [0.29, 0.717) is 12.5 Å². The van der Waals surface area contributed by atoms with Gasteiger partial charge in [0.1, 0.15) is 5.82 Å². The highest BCUT2D eigenvalue weighted by molar-refractivity contribution is 5.65. The van der Waals surface area contributed by atoms with Gasteiger partial charge in [0.25, 0.3) is 5.69 Å². The molecule has 2 N–H and O–H groups in total. The highest BCUT2D eigenvalue weighted by Crippen LogP contribution is 2.31. The van der Waals surface area contributed by atoms with Crippen LogP contribution in [0.25, 0.3) is 0 Å². The van der Waals surface area contributed by atoms with E-state index in [-0.39, 0.29) is 24.2 Å². The van der Waals surface area contributed by atoms with Crippen LogP contribution >= 0.6 is 0 Å². The number of nitro groups is 1. The molecule has 0 spiro atoms. The number of amides is 1. The lowest BCUT2D eigenvalue weighted by molar-refractivity contribution is -0.384. The second-order valence-electron chi connectivity index (χ2n) is 9.85. The first-order valence-electron chi connectivity index (χ1n) is 12.3. The Balaban J connectivity index is 1.33. The Hall–Kier alpha value is -3.43. The predicted octanol–water partition coefficient (Wildman–Crippen LogP) is 4.48. The molecule has 0 aliphatic heterocycles. The van der Waals surface area contributed by atoms with Crippen molar-refractivity contribution in [3.63, 3.8) is 0 Å². The van der Waals surface area contributed by atoms with Crippen LogP contribution in [-0.2, 0) is 19.4 Å². The molecule has 1 amide bonds. The average molecular weight is 483 g/mol. The minimum Gasteiger partial charge on any atom is -0.465 e. The Kier molecular flexibility index (Phi) is 7.67. The number of hydrogen-bond acceptors (Lipinski definition) is 7. The van der Waals surface area contributed by atoms with Crippen LogP contribution in [0.2, 0.25) is 0 Å². The second-order valence-corrected chi connectivity index (χ2v) is 9.85. The lowest BCUT2D eigenvalue weighted by atomic mass is 9.85. The van der Waals surface area contributed by atoms with Crippen molar-refractivity contribution in [2.24, 2.45) is 5.92 Å². The van der Waals surface area contributed by atoms with E-state index in [1.807, 2.05) is 14.1 Å². The molecule has 10 nitrogen and oxygen atoms in total. The molecule has 0 bridgehead atoms. The van der Waals surface area contributed by atoms with E-state index in [4.69, 9.17) is 9.97 Å². The highest BCUT2D eigenvalue weighted by atomic mass is 16.6. The van der Waals surface area contributed by atoms with E-state index < -0.39 is 11.0 Å². The van der Waals surface area contributed by atoms with Crippen molar-refractivity contribution in [3.8, 4) is 0 Å². The molecule has 10 heteroatoms. The van der Waals surface area contributed by atoms with E-state index in [9.17, 15) is 20.0 Å². The summed E-state index contributed by atoms with van der Waals surface area (Å²) in [6.07, 6.45) is 7.14.